The van der Waals surface area contributed by atoms with E-state index in [1.54, 1.807) is 11.3 Å². The van der Waals surface area contributed by atoms with Gasteiger partial charge in [-0.05, 0) is 36.4 Å². The van der Waals surface area contributed by atoms with Gasteiger partial charge in [0.15, 0.2) is 0 Å². The van der Waals surface area contributed by atoms with Crippen molar-refractivity contribution in [2.75, 3.05) is 5.73 Å². The number of nitrogens with zero attached hydrogens (tertiary/aromatic N) is 1. The summed E-state index contributed by atoms with van der Waals surface area (Å²) in [6.07, 6.45) is 0. The number of aromatic nitrogens is 1. The summed E-state index contributed by atoms with van der Waals surface area (Å²) in [5, 5.41) is 1.66. The Labute approximate surface area is 122 Å². The Morgan fingerprint density at radius 3 is 2.83 bits per heavy atom. The minimum atomic E-state index is 0.726. The van der Waals surface area contributed by atoms with E-state index in [0.717, 1.165) is 36.0 Å². The van der Waals surface area contributed by atoms with Gasteiger partial charge in [0.25, 0.3) is 0 Å². The van der Waals surface area contributed by atoms with Gasteiger partial charge in [0.1, 0.15) is 5.01 Å². The highest BCUT2D eigenvalue weighted by atomic mass is 79.9. The van der Waals surface area contributed by atoms with E-state index < -0.39 is 0 Å². The van der Waals surface area contributed by atoms with Crippen LogP contribution in [0.1, 0.15) is 0 Å². The van der Waals surface area contributed by atoms with Crippen molar-refractivity contribution in [1.29, 1.82) is 0 Å². The minimum Gasteiger partial charge on any atom is -0.399 e. The quantitative estimate of drug-likeness (QED) is 0.636. The van der Waals surface area contributed by atoms with Gasteiger partial charge in [-0.3, -0.25) is 0 Å². The van der Waals surface area contributed by atoms with E-state index >= 15 is 0 Å². The molecule has 0 amide bonds. The smallest absolute Gasteiger partial charge is 0.125 e. The maximum Gasteiger partial charge on any atom is 0.125 e. The van der Waals surface area contributed by atoms with Gasteiger partial charge in [0.05, 0.1) is 10.2 Å². The van der Waals surface area contributed by atoms with Crippen LogP contribution in [-0.2, 0) is 0 Å². The molecule has 90 valence electrons. The van der Waals surface area contributed by atoms with Crippen LogP contribution in [0, 0.1) is 0 Å². The highest BCUT2D eigenvalue weighted by molar-refractivity contribution is 9.10. The van der Waals surface area contributed by atoms with E-state index in [2.05, 4.69) is 20.9 Å². The van der Waals surface area contributed by atoms with Crippen molar-refractivity contribution in [2.24, 2.45) is 0 Å². The summed E-state index contributed by atoms with van der Waals surface area (Å²) in [5.41, 5.74) is 8.50. The van der Waals surface area contributed by atoms with Crippen LogP contribution >= 0.6 is 38.9 Å². The van der Waals surface area contributed by atoms with Crippen molar-refractivity contribution in [3.63, 3.8) is 0 Å². The molecule has 2 N–H and O–H groups in total. The standard InChI is InChI=1S/C13H8BrClN2S/c14-10-3-2-8(16)6-9(10)13-17-11-4-1-7(15)5-12(11)18-13/h1-6H,16H2. The second-order valence-corrected chi connectivity index (χ2v) is 6.19. The number of nitrogens with two attached hydrogens (primary N) is 1. The molecule has 1 heterocycles. The van der Waals surface area contributed by atoms with Gasteiger partial charge >= 0.3 is 0 Å². The molecule has 0 fully saturated rings. The van der Waals surface area contributed by atoms with Crippen LogP contribution in [0.25, 0.3) is 20.8 Å². The van der Waals surface area contributed by atoms with Crippen LogP contribution in [0.15, 0.2) is 40.9 Å². The summed E-state index contributed by atoms with van der Waals surface area (Å²) in [6, 6.07) is 11.4. The zero-order chi connectivity index (χ0) is 12.7. The van der Waals surface area contributed by atoms with Gasteiger partial charge in [0.2, 0.25) is 0 Å². The summed E-state index contributed by atoms with van der Waals surface area (Å²) in [7, 11) is 0. The van der Waals surface area contributed by atoms with E-state index in [9.17, 15) is 0 Å². The van der Waals surface area contributed by atoms with Crippen molar-refractivity contribution in [3.05, 3.63) is 45.9 Å². The first-order valence-electron chi connectivity index (χ1n) is 5.25. The molecule has 3 aromatic rings. The fraction of sp³-hybridized carbons (Fsp3) is 0. The van der Waals surface area contributed by atoms with E-state index in [4.69, 9.17) is 17.3 Å². The number of fused-ring (bicyclic) bond motifs is 1. The average molecular weight is 340 g/mol. The Kier molecular flexibility index (Phi) is 3.01. The maximum absolute atomic E-state index is 5.98. The third-order valence-corrected chi connectivity index (χ3v) is 4.55. The molecule has 0 aliphatic heterocycles. The summed E-state index contributed by atoms with van der Waals surface area (Å²) in [6.45, 7) is 0. The summed E-state index contributed by atoms with van der Waals surface area (Å²) in [4.78, 5) is 4.60. The first kappa shape index (κ1) is 12.0. The molecule has 18 heavy (non-hydrogen) atoms. The number of hydrogen-bond acceptors (Lipinski definition) is 3. The van der Waals surface area contributed by atoms with Crippen LogP contribution in [0.4, 0.5) is 5.69 Å². The normalized spacial score (nSPS) is 11.0. The van der Waals surface area contributed by atoms with Gasteiger partial charge in [-0.1, -0.05) is 27.5 Å². The molecule has 0 aliphatic rings. The number of nitrogen functional groups attached to an aromatic ring is 1. The average Bonchev–Trinajstić information content (AvgIpc) is 2.74. The monoisotopic (exact) mass is 338 g/mol. The van der Waals surface area contributed by atoms with Gasteiger partial charge in [0, 0.05) is 20.7 Å². The molecule has 2 nitrogen and oxygen atoms in total. The maximum atomic E-state index is 5.98. The second kappa shape index (κ2) is 4.53. The van der Waals surface area contributed by atoms with Crippen LogP contribution in [0.3, 0.4) is 0 Å². The number of halogens is 2. The molecule has 0 spiro atoms. The Bertz CT molecular complexity index is 739. The van der Waals surface area contributed by atoms with Crippen molar-refractivity contribution < 1.29 is 0 Å². The molecule has 5 heteroatoms. The van der Waals surface area contributed by atoms with Crippen molar-refractivity contribution in [3.8, 4) is 10.6 Å². The molecule has 0 saturated carbocycles. The molecule has 0 unspecified atom stereocenters. The molecule has 0 aliphatic carbocycles. The van der Waals surface area contributed by atoms with Gasteiger partial charge in [-0.25, -0.2) is 4.98 Å². The van der Waals surface area contributed by atoms with Crippen LogP contribution in [0.5, 0.6) is 0 Å². The first-order chi connectivity index (χ1) is 8.63. The third-order valence-electron chi connectivity index (χ3n) is 2.57. The van der Waals surface area contributed by atoms with E-state index in [1.807, 2.05) is 36.4 Å². The summed E-state index contributed by atoms with van der Waals surface area (Å²) < 4.78 is 2.06. The highest BCUT2D eigenvalue weighted by Crippen LogP contribution is 2.36. The zero-order valence-corrected chi connectivity index (χ0v) is 12.3. The van der Waals surface area contributed by atoms with Gasteiger partial charge in [-0.15, -0.1) is 11.3 Å². The predicted octanol–water partition coefficient (Wildman–Crippen LogP) is 4.96. The fourth-order valence-electron chi connectivity index (χ4n) is 1.72. The molecule has 2 aromatic carbocycles. The Morgan fingerprint density at radius 1 is 1.17 bits per heavy atom. The Hall–Kier alpha value is -1.10. The topological polar surface area (TPSA) is 38.9 Å². The Balaban J connectivity index is 2.22. The lowest BCUT2D eigenvalue weighted by Gasteiger charge is -2.01. The first-order valence-corrected chi connectivity index (χ1v) is 7.24. The summed E-state index contributed by atoms with van der Waals surface area (Å²) >= 11 is 11.1. The number of benzene rings is 2. The second-order valence-electron chi connectivity index (χ2n) is 3.87. The molecule has 0 radical (unpaired) electrons. The number of thiazole rings is 1. The van der Waals surface area contributed by atoms with Crippen molar-refractivity contribution in [1.82, 2.24) is 4.98 Å². The van der Waals surface area contributed by atoms with Gasteiger partial charge < -0.3 is 5.73 Å². The SMILES string of the molecule is Nc1ccc(Br)c(-c2nc3ccc(Cl)cc3s2)c1. The van der Waals surface area contributed by atoms with Crippen LogP contribution < -0.4 is 5.73 Å². The van der Waals surface area contributed by atoms with E-state index in [-0.39, 0.29) is 0 Å². The van der Waals surface area contributed by atoms with Crippen molar-refractivity contribution in [2.45, 2.75) is 0 Å². The number of hydrogen-bond donors (Lipinski definition) is 1. The summed E-state index contributed by atoms with van der Waals surface area (Å²) in [5.74, 6) is 0. The molecular formula is C13H8BrClN2S. The molecule has 1 aromatic heterocycles. The molecule has 3 rings (SSSR count). The third kappa shape index (κ3) is 2.11. The lowest BCUT2D eigenvalue weighted by molar-refractivity contribution is 1.46. The van der Waals surface area contributed by atoms with Crippen molar-refractivity contribution >= 4 is 54.8 Å². The predicted molar refractivity (Wildman–Crippen MR) is 82.2 cm³/mol. The van der Waals surface area contributed by atoms with E-state index in [0.29, 0.717) is 0 Å². The number of anilines is 1. The zero-order valence-electron chi connectivity index (χ0n) is 9.15. The lowest BCUT2D eigenvalue weighted by atomic mass is 10.2. The molecule has 0 bridgehead atoms. The highest BCUT2D eigenvalue weighted by Gasteiger charge is 2.10. The van der Waals surface area contributed by atoms with Crippen LogP contribution in [0.2, 0.25) is 5.02 Å². The molecular weight excluding hydrogens is 332 g/mol. The molecule has 0 atom stereocenters. The van der Waals surface area contributed by atoms with E-state index in [1.165, 1.54) is 0 Å². The Morgan fingerprint density at radius 2 is 2.00 bits per heavy atom. The largest absolute Gasteiger partial charge is 0.399 e. The number of rotatable bonds is 1. The minimum absolute atomic E-state index is 0.726. The molecule has 0 saturated heterocycles. The fourth-order valence-corrected chi connectivity index (χ4v) is 3.56. The van der Waals surface area contributed by atoms with Gasteiger partial charge in [-0.2, -0.15) is 0 Å². The van der Waals surface area contributed by atoms with Crippen LogP contribution in [-0.4, -0.2) is 4.98 Å². The lowest BCUT2D eigenvalue weighted by Crippen LogP contribution is -1.86.